The fraction of sp³-hybridized carbons (Fsp3) is 0.600. The first-order valence-corrected chi connectivity index (χ1v) is 6.75. The van der Waals surface area contributed by atoms with E-state index in [2.05, 4.69) is 6.58 Å². The highest BCUT2D eigenvalue weighted by Crippen LogP contribution is 2.56. The molecule has 1 saturated carbocycles. The average Bonchev–Trinajstić information content (AvgIpc) is 2.43. The summed E-state index contributed by atoms with van der Waals surface area (Å²) in [5, 5.41) is 18.5. The normalized spacial score (nSPS) is 40.2. The van der Waals surface area contributed by atoms with Crippen molar-refractivity contribution >= 4 is 11.8 Å². The summed E-state index contributed by atoms with van der Waals surface area (Å²) in [6, 6.07) is 0. The minimum atomic E-state index is -1.01. The van der Waals surface area contributed by atoms with Gasteiger partial charge in [0.1, 0.15) is 5.60 Å². The van der Waals surface area contributed by atoms with Gasteiger partial charge in [-0.3, -0.25) is 10.1 Å². The molecule has 0 spiro atoms. The van der Waals surface area contributed by atoms with E-state index < -0.39 is 17.0 Å². The van der Waals surface area contributed by atoms with Crippen LogP contribution in [0, 0.1) is 17.3 Å². The summed E-state index contributed by atoms with van der Waals surface area (Å²) in [5.41, 5.74) is -1.41. The molecule has 0 aromatic rings. The number of rotatable bonds is 3. The molecule has 110 valence electrons. The number of aliphatic carboxylic acids is 1. The number of allylic oxidation sites excluding steroid dienone is 1. The molecular formula is C15H20O5. The Morgan fingerprint density at radius 2 is 2.20 bits per heavy atom. The van der Waals surface area contributed by atoms with Crippen LogP contribution in [0.2, 0.25) is 0 Å². The van der Waals surface area contributed by atoms with Crippen LogP contribution >= 0.6 is 0 Å². The molecule has 5 heteroatoms. The van der Waals surface area contributed by atoms with Crippen LogP contribution in [0.1, 0.15) is 33.1 Å². The number of ketones is 1. The van der Waals surface area contributed by atoms with Crippen LogP contribution in [0.4, 0.5) is 0 Å². The number of hydrogen-bond acceptors (Lipinski definition) is 4. The standard InChI is InChI=1S/C15H20O5/c1-9(13(17)18)11-4-6-15(20-19)7-5-12(16)10(2)14(15,3)8-11/h5,7,10-11,19H,1,4,6,8H2,2-3H3,(H,17,18). The van der Waals surface area contributed by atoms with Gasteiger partial charge in [-0.1, -0.05) is 20.4 Å². The lowest BCUT2D eigenvalue weighted by molar-refractivity contribution is -0.350. The first kappa shape index (κ1) is 14.9. The van der Waals surface area contributed by atoms with Crippen molar-refractivity contribution in [2.45, 2.75) is 38.7 Å². The smallest absolute Gasteiger partial charge is 0.331 e. The maximum Gasteiger partial charge on any atom is 0.331 e. The molecule has 0 aromatic carbocycles. The van der Waals surface area contributed by atoms with E-state index in [1.807, 2.05) is 6.92 Å². The second-order valence-electron chi connectivity index (χ2n) is 6.13. The number of carbonyl (C=O) groups is 2. The first-order chi connectivity index (χ1) is 9.27. The maximum absolute atomic E-state index is 12.0. The number of hydrogen-bond donors (Lipinski definition) is 2. The Labute approximate surface area is 117 Å². The molecule has 0 amide bonds. The van der Waals surface area contributed by atoms with Crippen molar-refractivity contribution < 1.29 is 24.8 Å². The molecule has 2 rings (SSSR count). The number of carbonyl (C=O) groups excluding carboxylic acids is 1. The van der Waals surface area contributed by atoms with E-state index in [0.717, 1.165) is 0 Å². The molecule has 4 atom stereocenters. The lowest BCUT2D eigenvalue weighted by Crippen LogP contribution is -2.58. The summed E-state index contributed by atoms with van der Waals surface area (Å²) in [6.45, 7) is 7.30. The van der Waals surface area contributed by atoms with Gasteiger partial charge in [0.05, 0.1) is 0 Å². The fourth-order valence-electron chi connectivity index (χ4n) is 3.61. The number of carboxylic acid groups (broad SMARTS) is 1. The maximum atomic E-state index is 12.0. The molecule has 0 heterocycles. The van der Waals surface area contributed by atoms with E-state index in [1.165, 1.54) is 6.08 Å². The Hall–Kier alpha value is -1.46. The van der Waals surface area contributed by atoms with Gasteiger partial charge in [0.25, 0.3) is 0 Å². The Balaban J connectivity index is 2.39. The zero-order chi connectivity index (χ0) is 15.1. The van der Waals surface area contributed by atoms with Gasteiger partial charge >= 0.3 is 5.97 Å². The van der Waals surface area contributed by atoms with Crippen LogP contribution in [-0.4, -0.2) is 27.7 Å². The molecular weight excluding hydrogens is 260 g/mol. The predicted octanol–water partition coefficient (Wildman–Crippen LogP) is 2.44. The van der Waals surface area contributed by atoms with Gasteiger partial charge in [-0.2, -0.15) is 0 Å². The van der Waals surface area contributed by atoms with E-state index in [9.17, 15) is 14.8 Å². The van der Waals surface area contributed by atoms with Gasteiger partial charge in [-0.05, 0) is 37.3 Å². The molecule has 4 unspecified atom stereocenters. The van der Waals surface area contributed by atoms with Gasteiger partial charge in [-0.15, -0.1) is 0 Å². The van der Waals surface area contributed by atoms with E-state index in [-0.39, 0.29) is 23.2 Å². The molecule has 2 aliphatic rings. The molecule has 2 aliphatic carbocycles. The van der Waals surface area contributed by atoms with Gasteiger partial charge in [0, 0.05) is 16.9 Å². The lowest BCUT2D eigenvalue weighted by atomic mass is 9.52. The van der Waals surface area contributed by atoms with E-state index in [0.29, 0.717) is 19.3 Å². The molecule has 0 aromatic heterocycles. The predicted molar refractivity (Wildman–Crippen MR) is 72.0 cm³/mol. The van der Waals surface area contributed by atoms with Crippen LogP contribution in [0.3, 0.4) is 0 Å². The van der Waals surface area contributed by atoms with E-state index in [4.69, 9.17) is 9.99 Å². The summed E-state index contributed by atoms with van der Waals surface area (Å²) >= 11 is 0. The van der Waals surface area contributed by atoms with E-state index in [1.54, 1.807) is 13.0 Å². The molecule has 5 nitrogen and oxygen atoms in total. The van der Waals surface area contributed by atoms with Gasteiger partial charge in [-0.25, -0.2) is 9.68 Å². The molecule has 1 fully saturated rings. The van der Waals surface area contributed by atoms with Crippen molar-refractivity contribution in [3.63, 3.8) is 0 Å². The Morgan fingerprint density at radius 3 is 2.75 bits per heavy atom. The van der Waals surface area contributed by atoms with Crippen molar-refractivity contribution in [1.29, 1.82) is 0 Å². The first-order valence-electron chi connectivity index (χ1n) is 6.75. The molecule has 0 aliphatic heterocycles. The molecule has 0 radical (unpaired) electrons. The highest BCUT2D eigenvalue weighted by molar-refractivity contribution is 5.93. The highest BCUT2D eigenvalue weighted by Gasteiger charge is 2.58. The third-order valence-corrected chi connectivity index (χ3v) is 5.33. The number of carboxylic acids is 1. The zero-order valence-electron chi connectivity index (χ0n) is 11.8. The van der Waals surface area contributed by atoms with Crippen LogP contribution in [0.5, 0.6) is 0 Å². The van der Waals surface area contributed by atoms with Crippen LogP contribution < -0.4 is 0 Å². The number of fused-ring (bicyclic) bond motifs is 1. The van der Waals surface area contributed by atoms with Gasteiger partial charge in [0.2, 0.25) is 0 Å². The lowest BCUT2D eigenvalue weighted by Gasteiger charge is -2.54. The van der Waals surface area contributed by atoms with Gasteiger partial charge in [0.15, 0.2) is 5.78 Å². The molecule has 2 N–H and O–H groups in total. The summed E-state index contributed by atoms with van der Waals surface area (Å²) < 4.78 is 0. The SMILES string of the molecule is C=C(C(=O)O)C1CCC2(OO)C=CC(=O)C(C)C2(C)C1. The fourth-order valence-corrected chi connectivity index (χ4v) is 3.61. The average molecular weight is 280 g/mol. The van der Waals surface area contributed by atoms with Crippen LogP contribution in [-0.2, 0) is 14.5 Å². The quantitative estimate of drug-likeness (QED) is 0.471. The largest absolute Gasteiger partial charge is 0.478 e. The summed E-state index contributed by atoms with van der Waals surface area (Å²) in [5.74, 6) is -1.59. The highest BCUT2D eigenvalue weighted by atomic mass is 17.1. The third-order valence-electron chi connectivity index (χ3n) is 5.33. The van der Waals surface area contributed by atoms with Crippen molar-refractivity contribution in [3.8, 4) is 0 Å². The minimum absolute atomic E-state index is 0.0261. The Kier molecular flexibility index (Phi) is 3.60. The summed E-state index contributed by atoms with van der Waals surface area (Å²) in [4.78, 5) is 27.8. The van der Waals surface area contributed by atoms with Crippen LogP contribution in [0.15, 0.2) is 24.3 Å². The Bertz CT molecular complexity index is 494. The van der Waals surface area contributed by atoms with Crippen molar-refractivity contribution in [3.05, 3.63) is 24.3 Å². The Morgan fingerprint density at radius 1 is 1.55 bits per heavy atom. The third kappa shape index (κ3) is 1.93. The molecule has 0 saturated heterocycles. The van der Waals surface area contributed by atoms with Crippen molar-refractivity contribution in [1.82, 2.24) is 0 Å². The van der Waals surface area contributed by atoms with Crippen molar-refractivity contribution in [2.75, 3.05) is 0 Å². The summed E-state index contributed by atoms with van der Waals surface area (Å²) in [6.07, 6.45) is 4.55. The second-order valence-corrected chi connectivity index (χ2v) is 6.13. The summed E-state index contributed by atoms with van der Waals surface area (Å²) in [7, 11) is 0. The molecule has 20 heavy (non-hydrogen) atoms. The topological polar surface area (TPSA) is 83.8 Å². The minimum Gasteiger partial charge on any atom is -0.478 e. The van der Waals surface area contributed by atoms with Gasteiger partial charge < -0.3 is 5.11 Å². The monoisotopic (exact) mass is 280 g/mol. The zero-order valence-corrected chi connectivity index (χ0v) is 11.8. The van der Waals surface area contributed by atoms with Crippen molar-refractivity contribution in [2.24, 2.45) is 17.3 Å². The van der Waals surface area contributed by atoms with E-state index >= 15 is 0 Å². The second kappa shape index (κ2) is 4.82. The molecule has 0 bridgehead atoms. The van der Waals surface area contributed by atoms with Crippen LogP contribution in [0.25, 0.3) is 0 Å².